The minimum atomic E-state index is 0. The number of hydrogen-bond acceptors (Lipinski definition) is 8. The number of rotatable bonds is 8. The zero-order chi connectivity index (χ0) is 33.3. The summed E-state index contributed by atoms with van der Waals surface area (Å²) in [4.78, 5) is 22.5. The molecule has 0 bridgehead atoms. The van der Waals surface area contributed by atoms with Crippen molar-refractivity contribution in [3.63, 3.8) is 0 Å². The summed E-state index contributed by atoms with van der Waals surface area (Å²) in [5.41, 5.74) is 6.01. The maximum Gasteiger partial charge on any atom is 2.00 e. The summed E-state index contributed by atoms with van der Waals surface area (Å²) in [5, 5.41) is 1.82. The number of pyridine rings is 2. The number of fused-ring (bicyclic) bond motifs is 3. The van der Waals surface area contributed by atoms with Gasteiger partial charge in [0, 0.05) is 53.3 Å². The van der Waals surface area contributed by atoms with Gasteiger partial charge in [0.2, 0.25) is 5.95 Å². The first kappa shape index (κ1) is 34.7. The van der Waals surface area contributed by atoms with Gasteiger partial charge in [-0.15, -0.1) is 71.8 Å². The number of hydrogen-bond donors (Lipinski definition) is 0. The molecule has 11 heteroatoms. The summed E-state index contributed by atoms with van der Waals surface area (Å²) in [5.74, 6) is 2.46. The first-order chi connectivity index (χ1) is 24.7. The van der Waals surface area contributed by atoms with Crippen LogP contribution in [0.5, 0.6) is 23.0 Å². The Balaban J connectivity index is 0.00000210. The molecule has 0 unspecified atom stereocenters. The van der Waals surface area contributed by atoms with Gasteiger partial charge in [-0.25, -0.2) is 15.0 Å². The number of benzene rings is 4. The van der Waals surface area contributed by atoms with Crippen LogP contribution >= 0.6 is 0 Å². The zero-order valence-electron chi connectivity index (χ0n) is 26.7. The zero-order valence-corrected chi connectivity index (χ0v) is 30.6. The molecule has 9 aromatic rings. The fourth-order valence-corrected chi connectivity index (χ4v) is 5.66. The van der Waals surface area contributed by atoms with Crippen molar-refractivity contribution in [2.45, 2.75) is 0 Å². The van der Waals surface area contributed by atoms with Gasteiger partial charge in [0.1, 0.15) is 12.0 Å². The van der Waals surface area contributed by atoms with Crippen molar-refractivity contribution in [1.82, 2.24) is 29.5 Å². The molecular formula is C41H22N6O3PdPt. The largest absolute Gasteiger partial charge is 2.00 e. The second kappa shape index (κ2) is 15.2. The van der Waals surface area contributed by atoms with Crippen LogP contribution in [-0.4, -0.2) is 29.5 Å². The van der Waals surface area contributed by atoms with E-state index in [0.29, 0.717) is 45.7 Å². The summed E-state index contributed by atoms with van der Waals surface area (Å²) >= 11 is 0. The Kier molecular flexibility index (Phi) is 10.1. The van der Waals surface area contributed by atoms with Crippen LogP contribution in [0.15, 0.2) is 139 Å². The van der Waals surface area contributed by atoms with Gasteiger partial charge in [0.05, 0.1) is 0 Å². The van der Waals surface area contributed by atoms with Gasteiger partial charge < -0.3 is 28.4 Å². The summed E-state index contributed by atoms with van der Waals surface area (Å²) in [7, 11) is 0. The quantitative estimate of drug-likeness (QED) is 0.110. The number of nitrogens with zero attached hydrogens (tertiary/aromatic N) is 6. The molecule has 0 fully saturated rings. The van der Waals surface area contributed by atoms with E-state index in [0.717, 1.165) is 38.9 Å². The number of aromatic nitrogens is 6. The first-order valence-electron chi connectivity index (χ1n) is 15.6. The van der Waals surface area contributed by atoms with Crippen LogP contribution < -0.4 is 9.47 Å². The molecule has 5 aromatic heterocycles. The van der Waals surface area contributed by atoms with E-state index in [-0.39, 0.29) is 41.5 Å². The van der Waals surface area contributed by atoms with Crippen LogP contribution in [0.25, 0.3) is 61.5 Å². The summed E-state index contributed by atoms with van der Waals surface area (Å²) in [6, 6.07) is 44.2. The van der Waals surface area contributed by atoms with Gasteiger partial charge in [-0.1, -0.05) is 47.4 Å². The predicted molar refractivity (Wildman–Crippen MR) is 187 cm³/mol. The molecule has 0 N–H and O–H groups in total. The van der Waals surface area contributed by atoms with Gasteiger partial charge in [0.15, 0.2) is 6.39 Å². The first-order valence-corrected chi connectivity index (χ1v) is 15.6. The third kappa shape index (κ3) is 6.92. The van der Waals surface area contributed by atoms with Crippen molar-refractivity contribution in [3.05, 3.63) is 159 Å². The molecule has 0 saturated heterocycles. The minimum absolute atomic E-state index is 0. The maximum absolute atomic E-state index is 6.30. The Morgan fingerprint density at radius 3 is 1.54 bits per heavy atom. The molecule has 4 aromatic carbocycles. The Morgan fingerprint density at radius 1 is 0.519 bits per heavy atom. The Hall–Kier alpha value is -5.78. The Morgan fingerprint density at radius 2 is 1.06 bits per heavy atom. The van der Waals surface area contributed by atoms with Gasteiger partial charge >= 0.3 is 41.5 Å². The molecule has 0 saturated carbocycles. The molecule has 5 heterocycles. The monoisotopic (exact) mass is 947 g/mol. The van der Waals surface area contributed by atoms with E-state index in [1.54, 1.807) is 31.1 Å². The van der Waals surface area contributed by atoms with E-state index in [2.05, 4.69) is 39.2 Å². The van der Waals surface area contributed by atoms with Crippen molar-refractivity contribution < 1.29 is 55.4 Å². The Labute approximate surface area is 326 Å². The topological polar surface area (TPSA) is 101 Å². The third-order valence-corrected chi connectivity index (χ3v) is 7.96. The van der Waals surface area contributed by atoms with Crippen molar-refractivity contribution in [3.8, 4) is 62.7 Å². The summed E-state index contributed by atoms with van der Waals surface area (Å²) in [6.45, 7) is 0. The standard InChI is InChI=1S/C41H22N6O3.Pd.Pt/c1-3-17-42-36(11-1)27-7-5-9-30(19-27)49-32-13-15-34-35-16-14-33(50-31-10-6-8-28(20-31)37-12-2-4-18-43-37)22-40(35)47(39(34)21-32)41-44-23-29(24-45-41)38-25-48-26-46-38;;/h1-18,23-26H;;/q-4;2*+2. The third-order valence-electron chi connectivity index (χ3n) is 7.96. The summed E-state index contributed by atoms with van der Waals surface area (Å²) in [6.07, 6.45) is 9.83. The molecule has 0 atom stereocenters. The minimum Gasteiger partial charge on any atom is -0.503 e. The van der Waals surface area contributed by atoms with Crippen LogP contribution in [0.3, 0.4) is 0 Å². The molecule has 0 aliphatic carbocycles. The van der Waals surface area contributed by atoms with Crippen molar-refractivity contribution in [1.29, 1.82) is 0 Å². The molecule has 52 heavy (non-hydrogen) atoms. The van der Waals surface area contributed by atoms with E-state index in [9.17, 15) is 0 Å². The van der Waals surface area contributed by atoms with Crippen LogP contribution in [0.4, 0.5) is 0 Å². The van der Waals surface area contributed by atoms with Crippen LogP contribution in [0.2, 0.25) is 0 Å². The second-order valence-corrected chi connectivity index (χ2v) is 11.1. The average molecular weight is 948 g/mol. The predicted octanol–water partition coefficient (Wildman–Crippen LogP) is 9.13. The molecule has 0 spiro atoms. The molecule has 254 valence electrons. The van der Waals surface area contributed by atoms with Crippen LogP contribution in [0, 0.1) is 24.3 Å². The molecular weight excluding hydrogens is 926 g/mol. The van der Waals surface area contributed by atoms with E-state index >= 15 is 0 Å². The van der Waals surface area contributed by atoms with E-state index < -0.39 is 0 Å². The van der Waals surface area contributed by atoms with Gasteiger partial charge in [-0.3, -0.25) is 0 Å². The normalized spacial score (nSPS) is 10.8. The second-order valence-electron chi connectivity index (χ2n) is 11.1. The molecule has 0 aliphatic rings. The number of ether oxygens (including phenoxy) is 2. The molecule has 0 aliphatic heterocycles. The SMILES string of the molecule is [Pd+2].[Pt+2].[c-]1c(Oc2[c-]c3c(cc2)c2ccc(Oc4[c-]c(-c5ccccn5)ccc4)[c-]c2n3-c2ncc(-c3cocn3)cn2)cccc1-c1ccccn1. The fourth-order valence-electron chi connectivity index (χ4n) is 5.66. The molecule has 9 nitrogen and oxygen atoms in total. The average Bonchev–Trinajstić information content (AvgIpc) is 3.83. The van der Waals surface area contributed by atoms with Gasteiger partial charge in [-0.2, -0.15) is 22.9 Å². The van der Waals surface area contributed by atoms with E-state index in [1.807, 2.05) is 102 Å². The molecule has 9 rings (SSSR count). The number of oxazole rings is 1. The fraction of sp³-hybridized carbons (Fsp3) is 0. The Bertz CT molecular complexity index is 2460. The van der Waals surface area contributed by atoms with Crippen LogP contribution in [0.1, 0.15) is 0 Å². The van der Waals surface area contributed by atoms with Crippen LogP contribution in [-0.2, 0) is 41.5 Å². The maximum atomic E-state index is 6.30. The molecule has 0 amide bonds. The van der Waals surface area contributed by atoms with Gasteiger partial charge in [0.25, 0.3) is 0 Å². The van der Waals surface area contributed by atoms with E-state index in [1.165, 1.54) is 6.39 Å². The van der Waals surface area contributed by atoms with E-state index in [4.69, 9.17) is 23.9 Å². The van der Waals surface area contributed by atoms with Crippen molar-refractivity contribution in [2.24, 2.45) is 0 Å². The van der Waals surface area contributed by atoms with Gasteiger partial charge in [-0.05, 0) is 23.5 Å². The van der Waals surface area contributed by atoms with Crippen molar-refractivity contribution >= 4 is 21.8 Å². The van der Waals surface area contributed by atoms with Crippen molar-refractivity contribution in [2.75, 3.05) is 0 Å². The summed E-state index contributed by atoms with van der Waals surface area (Å²) < 4.78 is 19.6. The molecule has 0 radical (unpaired) electrons. The smallest absolute Gasteiger partial charge is 0.503 e.